The highest BCUT2D eigenvalue weighted by molar-refractivity contribution is 6.60. The lowest BCUT2D eigenvalue weighted by Gasteiger charge is -2.04. The molecular weight excluding hydrogens is 159 g/mol. The highest BCUT2D eigenvalue weighted by Crippen LogP contribution is 2.21. The van der Waals surface area contributed by atoms with Gasteiger partial charge in [-0.15, -0.1) is 0 Å². The van der Waals surface area contributed by atoms with Crippen LogP contribution in [0.2, 0.25) is 0 Å². The molecule has 1 aromatic rings. The molecule has 0 atom stereocenters. The van der Waals surface area contributed by atoms with Gasteiger partial charge in [-0.1, -0.05) is 6.07 Å². The minimum atomic E-state index is -1.07. The molecule has 64 valence electrons. The van der Waals surface area contributed by atoms with E-state index in [9.17, 15) is 0 Å². The number of phenols is 2. The predicted octanol–water partition coefficient (Wildman–Crippen LogP) is -0.568. The van der Waals surface area contributed by atoms with E-state index in [1.165, 1.54) is 25.3 Å². The molecule has 3 N–H and O–H groups in total. The number of hydrogen-bond donors (Lipinski definition) is 3. The van der Waals surface area contributed by atoms with E-state index in [1.54, 1.807) is 0 Å². The van der Waals surface area contributed by atoms with Gasteiger partial charge in [-0.05, 0) is 17.6 Å². The fourth-order valence-electron chi connectivity index (χ4n) is 0.830. The summed E-state index contributed by atoms with van der Waals surface area (Å²) >= 11 is 0. The zero-order valence-corrected chi connectivity index (χ0v) is 6.56. The summed E-state index contributed by atoms with van der Waals surface area (Å²) in [5.74, 6) is -0.495. The van der Waals surface area contributed by atoms with Gasteiger partial charge in [0, 0.05) is 7.11 Å². The summed E-state index contributed by atoms with van der Waals surface area (Å²) in [4.78, 5) is 0. The monoisotopic (exact) mass is 168 g/mol. The molecule has 0 aliphatic heterocycles. The van der Waals surface area contributed by atoms with Crippen molar-refractivity contribution in [1.82, 2.24) is 0 Å². The van der Waals surface area contributed by atoms with Crippen LogP contribution in [-0.2, 0) is 4.65 Å². The standard InChI is InChI=1S/C7H9BO4/c1-12-8(11)5-2-3-6(9)7(10)4-5/h2-4,9-11H,1H3. The summed E-state index contributed by atoms with van der Waals surface area (Å²) in [5.41, 5.74) is 0.396. The Balaban J connectivity index is 2.96. The summed E-state index contributed by atoms with van der Waals surface area (Å²) in [5, 5.41) is 27.1. The molecule has 4 nitrogen and oxygen atoms in total. The van der Waals surface area contributed by atoms with Crippen molar-refractivity contribution in [2.45, 2.75) is 0 Å². The van der Waals surface area contributed by atoms with E-state index in [2.05, 4.69) is 4.65 Å². The van der Waals surface area contributed by atoms with Gasteiger partial charge in [0.2, 0.25) is 0 Å². The van der Waals surface area contributed by atoms with Crippen molar-refractivity contribution < 1.29 is 19.9 Å². The SMILES string of the molecule is COB(O)c1ccc(O)c(O)c1. The summed E-state index contributed by atoms with van der Waals surface area (Å²) in [6, 6.07) is 3.99. The quantitative estimate of drug-likeness (QED) is 0.408. The highest BCUT2D eigenvalue weighted by atomic mass is 16.5. The molecule has 5 heteroatoms. The number of phenolic OH excluding ortho intramolecular Hbond substituents is 2. The summed E-state index contributed by atoms with van der Waals surface area (Å²) in [7, 11) is 0.269. The number of rotatable bonds is 2. The zero-order chi connectivity index (χ0) is 9.14. The van der Waals surface area contributed by atoms with Crippen LogP contribution in [0.4, 0.5) is 0 Å². The molecule has 0 spiro atoms. The van der Waals surface area contributed by atoms with Gasteiger partial charge in [-0.2, -0.15) is 0 Å². The molecule has 12 heavy (non-hydrogen) atoms. The molecule has 1 rings (SSSR count). The number of aromatic hydroxyl groups is 2. The minimum absolute atomic E-state index is 0.220. The molecular formula is C7H9BO4. The van der Waals surface area contributed by atoms with Crippen LogP contribution >= 0.6 is 0 Å². The van der Waals surface area contributed by atoms with Gasteiger partial charge in [0.1, 0.15) is 0 Å². The van der Waals surface area contributed by atoms with Crippen LogP contribution in [0.3, 0.4) is 0 Å². The third-order valence-corrected chi connectivity index (χ3v) is 1.51. The van der Waals surface area contributed by atoms with Crippen LogP contribution < -0.4 is 5.46 Å². The highest BCUT2D eigenvalue weighted by Gasteiger charge is 2.15. The molecule has 0 unspecified atom stereocenters. The van der Waals surface area contributed by atoms with Crippen LogP contribution in [0, 0.1) is 0 Å². The zero-order valence-electron chi connectivity index (χ0n) is 6.56. The van der Waals surface area contributed by atoms with Crippen molar-refractivity contribution >= 4 is 12.6 Å². The van der Waals surface area contributed by atoms with Crippen molar-refractivity contribution in [3.63, 3.8) is 0 Å². The Bertz CT molecular complexity index is 276. The fraction of sp³-hybridized carbons (Fsp3) is 0.143. The van der Waals surface area contributed by atoms with Crippen molar-refractivity contribution in [2.75, 3.05) is 7.11 Å². The smallest absolute Gasteiger partial charge is 0.491 e. The second-order valence-electron chi connectivity index (χ2n) is 2.34. The Kier molecular flexibility index (Phi) is 2.57. The van der Waals surface area contributed by atoms with Gasteiger partial charge >= 0.3 is 7.12 Å². The van der Waals surface area contributed by atoms with E-state index in [1.807, 2.05) is 0 Å². The third-order valence-electron chi connectivity index (χ3n) is 1.51. The maximum Gasteiger partial charge on any atom is 0.491 e. The Morgan fingerprint density at radius 3 is 2.42 bits per heavy atom. The van der Waals surface area contributed by atoms with Gasteiger partial charge in [-0.3, -0.25) is 0 Å². The van der Waals surface area contributed by atoms with Gasteiger partial charge in [0.25, 0.3) is 0 Å². The van der Waals surface area contributed by atoms with E-state index in [-0.39, 0.29) is 11.5 Å². The van der Waals surface area contributed by atoms with Gasteiger partial charge in [-0.25, -0.2) is 0 Å². The van der Waals surface area contributed by atoms with Crippen LogP contribution in [-0.4, -0.2) is 29.5 Å². The lowest BCUT2D eigenvalue weighted by molar-refractivity contribution is 0.341. The van der Waals surface area contributed by atoms with E-state index >= 15 is 0 Å². The van der Waals surface area contributed by atoms with Crippen molar-refractivity contribution in [3.05, 3.63) is 18.2 Å². The van der Waals surface area contributed by atoms with E-state index in [0.29, 0.717) is 5.46 Å². The van der Waals surface area contributed by atoms with Gasteiger partial charge < -0.3 is 19.9 Å². The first-order valence-electron chi connectivity index (χ1n) is 3.38. The molecule has 0 heterocycles. The molecule has 0 saturated carbocycles. The van der Waals surface area contributed by atoms with Crippen LogP contribution in [0.15, 0.2) is 18.2 Å². The van der Waals surface area contributed by atoms with E-state index in [0.717, 1.165) is 0 Å². The lowest BCUT2D eigenvalue weighted by Crippen LogP contribution is -2.31. The maximum absolute atomic E-state index is 9.13. The predicted molar refractivity (Wildman–Crippen MR) is 44.4 cm³/mol. The van der Waals surface area contributed by atoms with Crippen LogP contribution in [0.1, 0.15) is 0 Å². The Morgan fingerprint density at radius 1 is 1.25 bits per heavy atom. The first kappa shape index (κ1) is 8.90. The fourth-order valence-corrected chi connectivity index (χ4v) is 0.830. The van der Waals surface area contributed by atoms with E-state index in [4.69, 9.17) is 15.2 Å². The van der Waals surface area contributed by atoms with Crippen LogP contribution in [0.25, 0.3) is 0 Å². The molecule has 0 aliphatic carbocycles. The Labute approximate surface area is 70.2 Å². The second kappa shape index (κ2) is 3.47. The molecule has 0 radical (unpaired) electrons. The Hall–Kier alpha value is -1.20. The first-order valence-corrected chi connectivity index (χ1v) is 3.38. The van der Waals surface area contributed by atoms with Crippen molar-refractivity contribution in [3.8, 4) is 11.5 Å². The molecule has 0 fully saturated rings. The summed E-state index contributed by atoms with van der Waals surface area (Å²) in [6.45, 7) is 0. The average Bonchev–Trinajstić information content (AvgIpc) is 2.08. The van der Waals surface area contributed by atoms with Gasteiger partial charge in [0.05, 0.1) is 0 Å². The second-order valence-corrected chi connectivity index (χ2v) is 2.34. The summed E-state index contributed by atoms with van der Waals surface area (Å²) in [6.07, 6.45) is 0. The molecule has 0 bridgehead atoms. The lowest BCUT2D eigenvalue weighted by atomic mass is 9.79. The molecule has 0 amide bonds. The number of benzene rings is 1. The van der Waals surface area contributed by atoms with Crippen molar-refractivity contribution in [1.29, 1.82) is 0 Å². The molecule has 0 aliphatic rings. The van der Waals surface area contributed by atoms with Gasteiger partial charge in [0.15, 0.2) is 11.5 Å². The Morgan fingerprint density at radius 2 is 1.92 bits per heavy atom. The maximum atomic E-state index is 9.13. The molecule has 1 aromatic carbocycles. The van der Waals surface area contributed by atoms with Crippen molar-refractivity contribution in [2.24, 2.45) is 0 Å². The molecule has 0 saturated heterocycles. The minimum Gasteiger partial charge on any atom is -0.504 e. The topological polar surface area (TPSA) is 69.9 Å². The normalized spacial score (nSPS) is 9.83. The number of hydrogen-bond acceptors (Lipinski definition) is 4. The third kappa shape index (κ3) is 1.69. The van der Waals surface area contributed by atoms with Crippen LogP contribution in [0.5, 0.6) is 11.5 Å². The largest absolute Gasteiger partial charge is 0.504 e. The van der Waals surface area contributed by atoms with E-state index < -0.39 is 7.12 Å². The average molecular weight is 168 g/mol. The first-order chi connectivity index (χ1) is 5.65. The summed E-state index contributed by atoms with van der Waals surface area (Å²) < 4.78 is 4.59. The molecule has 0 aromatic heterocycles.